The molecule has 2 nitrogen and oxygen atoms in total. The minimum Gasteiger partial charge on any atom is -0.492 e. The van der Waals surface area contributed by atoms with Gasteiger partial charge in [0.15, 0.2) is 0 Å². The molecule has 0 amide bonds. The lowest BCUT2D eigenvalue weighted by atomic mass is 10.3. The molecule has 0 aliphatic carbocycles. The van der Waals surface area contributed by atoms with Gasteiger partial charge in [0, 0.05) is 12.6 Å². The van der Waals surface area contributed by atoms with Crippen LogP contribution in [0.25, 0.3) is 0 Å². The van der Waals surface area contributed by atoms with Gasteiger partial charge in [-0.05, 0) is 25.1 Å². The maximum absolute atomic E-state index is 5.87. The summed E-state index contributed by atoms with van der Waals surface area (Å²) in [5.74, 6) is 0.756. The zero-order valence-corrected chi connectivity index (χ0v) is 10.9. The molecular formula is C12H17Cl2NO. The monoisotopic (exact) mass is 261 g/mol. The highest BCUT2D eigenvalue weighted by atomic mass is 35.5. The lowest BCUT2D eigenvalue weighted by molar-refractivity contribution is 0.314. The molecule has 0 atom stereocenters. The minimum absolute atomic E-state index is 0.526. The molecule has 0 aliphatic heterocycles. The van der Waals surface area contributed by atoms with Crippen molar-refractivity contribution in [1.29, 1.82) is 0 Å². The molecular weight excluding hydrogens is 245 g/mol. The molecule has 0 unspecified atom stereocenters. The molecule has 0 bridgehead atoms. The standard InChI is InChI=1S/C12H17Cl2NO/c1-2-3-6-15-7-8-16-10-4-5-11(13)12(14)9-10/h4-5,9,15H,2-3,6-8H2,1H3. The molecule has 16 heavy (non-hydrogen) atoms. The quantitative estimate of drug-likeness (QED) is 0.755. The van der Waals surface area contributed by atoms with Crippen molar-refractivity contribution in [3.63, 3.8) is 0 Å². The van der Waals surface area contributed by atoms with Crippen LogP contribution in [0, 0.1) is 0 Å². The van der Waals surface area contributed by atoms with Crippen LogP contribution in [0.4, 0.5) is 0 Å². The Balaban J connectivity index is 2.19. The first-order chi connectivity index (χ1) is 7.74. The summed E-state index contributed by atoms with van der Waals surface area (Å²) in [7, 11) is 0. The Bertz CT molecular complexity index is 318. The van der Waals surface area contributed by atoms with E-state index in [1.165, 1.54) is 12.8 Å². The van der Waals surface area contributed by atoms with Crippen LogP contribution in [-0.2, 0) is 0 Å². The van der Waals surface area contributed by atoms with Crippen molar-refractivity contribution < 1.29 is 4.74 Å². The fourth-order valence-electron chi connectivity index (χ4n) is 1.23. The number of benzene rings is 1. The van der Waals surface area contributed by atoms with Crippen molar-refractivity contribution in [3.8, 4) is 5.75 Å². The Morgan fingerprint density at radius 1 is 1.19 bits per heavy atom. The zero-order chi connectivity index (χ0) is 11.8. The Morgan fingerprint density at radius 3 is 2.69 bits per heavy atom. The molecule has 1 aromatic carbocycles. The molecule has 0 aliphatic rings. The second kappa shape index (κ2) is 7.77. The van der Waals surface area contributed by atoms with Crippen LogP contribution >= 0.6 is 23.2 Å². The van der Waals surface area contributed by atoms with Crippen LogP contribution < -0.4 is 10.1 Å². The lowest BCUT2D eigenvalue weighted by Gasteiger charge is -2.07. The highest BCUT2D eigenvalue weighted by molar-refractivity contribution is 6.42. The van der Waals surface area contributed by atoms with Gasteiger partial charge in [0.05, 0.1) is 10.0 Å². The first-order valence-corrected chi connectivity index (χ1v) is 6.28. The SMILES string of the molecule is CCCCNCCOc1ccc(Cl)c(Cl)c1. The fraction of sp³-hybridized carbons (Fsp3) is 0.500. The van der Waals surface area contributed by atoms with Crippen molar-refractivity contribution >= 4 is 23.2 Å². The molecule has 0 saturated carbocycles. The average Bonchev–Trinajstić information content (AvgIpc) is 2.28. The van der Waals surface area contributed by atoms with Gasteiger partial charge in [0.2, 0.25) is 0 Å². The van der Waals surface area contributed by atoms with Gasteiger partial charge < -0.3 is 10.1 Å². The van der Waals surface area contributed by atoms with Crippen LogP contribution in [0.3, 0.4) is 0 Å². The van der Waals surface area contributed by atoms with Gasteiger partial charge >= 0.3 is 0 Å². The smallest absolute Gasteiger partial charge is 0.120 e. The summed E-state index contributed by atoms with van der Waals surface area (Å²) in [6, 6.07) is 5.29. The molecule has 90 valence electrons. The van der Waals surface area contributed by atoms with E-state index in [2.05, 4.69) is 12.2 Å². The first-order valence-electron chi connectivity index (χ1n) is 5.52. The normalized spacial score (nSPS) is 10.4. The third kappa shape index (κ3) is 5.06. The topological polar surface area (TPSA) is 21.3 Å². The fourth-order valence-corrected chi connectivity index (χ4v) is 1.52. The molecule has 1 aromatic rings. The third-order valence-electron chi connectivity index (χ3n) is 2.15. The van der Waals surface area contributed by atoms with Gasteiger partial charge in [-0.25, -0.2) is 0 Å². The highest BCUT2D eigenvalue weighted by Crippen LogP contribution is 2.26. The van der Waals surface area contributed by atoms with E-state index in [9.17, 15) is 0 Å². The molecule has 4 heteroatoms. The largest absolute Gasteiger partial charge is 0.492 e. The van der Waals surface area contributed by atoms with Crippen LogP contribution in [0.5, 0.6) is 5.75 Å². The number of nitrogens with one attached hydrogen (secondary N) is 1. The van der Waals surface area contributed by atoms with Gasteiger partial charge in [0.25, 0.3) is 0 Å². The predicted molar refractivity (Wildman–Crippen MR) is 69.7 cm³/mol. The zero-order valence-electron chi connectivity index (χ0n) is 9.43. The molecule has 1 rings (SSSR count). The van der Waals surface area contributed by atoms with E-state index in [4.69, 9.17) is 27.9 Å². The van der Waals surface area contributed by atoms with E-state index in [0.717, 1.165) is 18.8 Å². The summed E-state index contributed by atoms with van der Waals surface area (Å²) >= 11 is 11.7. The summed E-state index contributed by atoms with van der Waals surface area (Å²) in [5, 5.41) is 4.38. The number of halogens is 2. The lowest BCUT2D eigenvalue weighted by Crippen LogP contribution is -2.21. The van der Waals surface area contributed by atoms with E-state index >= 15 is 0 Å². The summed E-state index contributed by atoms with van der Waals surface area (Å²) in [5.41, 5.74) is 0. The summed E-state index contributed by atoms with van der Waals surface area (Å²) in [6.45, 7) is 4.71. The Morgan fingerprint density at radius 2 is 2.00 bits per heavy atom. The van der Waals surface area contributed by atoms with E-state index in [1.807, 2.05) is 6.07 Å². The number of unbranched alkanes of at least 4 members (excludes halogenated alkanes) is 1. The van der Waals surface area contributed by atoms with Crippen LogP contribution in [-0.4, -0.2) is 19.7 Å². The van der Waals surface area contributed by atoms with Crippen molar-refractivity contribution in [2.45, 2.75) is 19.8 Å². The number of hydrogen-bond acceptors (Lipinski definition) is 2. The Kier molecular flexibility index (Phi) is 6.62. The minimum atomic E-state index is 0.526. The molecule has 0 aromatic heterocycles. The van der Waals surface area contributed by atoms with E-state index in [-0.39, 0.29) is 0 Å². The molecule has 0 radical (unpaired) electrons. The second-order valence-corrected chi connectivity index (χ2v) is 4.34. The number of hydrogen-bond donors (Lipinski definition) is 1. The van der Waals surface area contributed by atoms with Crippen molar-refractivity contribution in [2.24, 2.45) is 0 Å². The van der Waals surface area contributed by atoms with E-state index in [1.54, 1.807) is 12.1 Å². The molecule has 0 fully saturated rings. The third-order valence-corrected chi connectivity index (χ3v) is 2.88. The second-order valence-electron chi connectivity index (χ2n) is 3.53. The Hall–Kier alpha value is -0.440. The summed E-state index contributed by atoms with van der Waals surface area (Å²) in [4.78, 5) is 0. The Labute approximate surface area is 107 Å². The van der Waals surface area contributed by atoms with Crippen molar-refractivity contribution in [2.75, 3.05) is 19.7 Å². The molecule has 0 spiro atoms. The molecule has 1 N–H and O–H groups in total. The molecule has 0 saturated heterocycles. The van der Waals surface area contributed by atoms with Crippen LogP contribution in [0.15, 0.2) is 18.2 Å². The van der Waals surface area contributed by atoms with Crippen LogP contribution in [0.2, 0.25) is 10.0 Å². The van der Waals surface area contributed by atoms with Gasteiger partial charge in [-0.15, -0.1) is 0 Å². The first kappa shape index (κ1) is 13.6. The number of ether oxygens (including phenoxy) is 1. The van der Waals surface area contributed by atoms with Crippen molar-refractivity contribution in [1.82, 2.24) is 5.32 Å². The van der Waals surface area contributed by atoms with E-state index in [0.29, 0.717) is 16.7 Å². The predicted octanol–water partition coefficient (Wildman–Crippen LogP) is 3.76. The number of rotatable bonds is 7. The maximum Gasteiger partial charge on any atom is 0.120 e. The van der Waals surface area contributed by atoms with E-state index < -0.39 is 0 Å². The summed E-state index contributed by atoms with van der Waals surface area (Å²) in [6.07, 6.45) is 2.41. The van der Waals surface area contributed by atoms with Gasteiger partial charge in [-0.3, -0.25) is 0 Å². The summed E-state index contributed by atoms with van der Waals surface area (Å²) < 4.78 is 5.52. The van der Waals surface area contributed by atoms with Gasteiger partial charge in [0.1, 0.15) is 12.4 Å². The van der Waals surface area contributed by atoms with Crippen LogP contribution in [0.1, 0.15) is 19.8 Å². The maximum atomic E-state index is 5.87. The van der Waals surface area contributed by atoms with Gasteiger partial charge in [-0.2, -0.15) is 0 Å². The molecule has 0 heterocycles. The highest BCUT2D eigenvalue weighted by Gasteiger charge is 1.99. The average molecular weight is 262 g/mol. The van der Waals surface area contributed by atoms with Gasteiger partial charge in [-0.1, -0.05) is 36.5 Å². The van der Waals surface area contributed by atoms with Crippen molar-refractivity contribution in [3.05, 3.63) is 28.2 Å².